The Morgan fingerprint density at radius 1 is 0.347 bits per heavy atom. The number of fused-ring (bicyclic) bond motifs is 5. The summed E-state index contributed by atoms with van der Waals surface area (Å²) in [4.78, 5) is 0. The van der Waals surface area contributed by atoms with Gasteiger partial charge in [0.2, 0.25) is 0 Å². The van der Waals surface area contributed by atoms with Crippen LogP contribution in [0.25, 0.3) is 82.4 Å². The van der Waals surface area contributed by atoms with E-state index in [4.69, 9.17) is 0 Å². The minimum absolute atomic E-state index is 0.457. The lowest BCUT2D eigenvalue weighted by Crippen LogP contribution is -2.02. The molecule has 0 saturated carbocycles. The van der Waals surface area contributed by atoms with Crippen LogP contribution in [0.2, 0.25) is 0 Å². The number of nitriles is 2. The first-order chi connectivity index (χ1) is 24.2. The molecule has 49 heavy (non-hydrogen) atoms. The Kier molecular flexibility index (Phi) is 6.58. The van der Waals surface area contributed by atoms with Crippen molar-refractivity contribution in [2.75, 3.05) is 0 Å². The van der Waals surface area contributed by atoms with Crippen molar-refractivity contribution in [3.63, 3.8) is 0 Å². The normalized spacial score (nSPS) is 11.2. The van der Waals surface area contributed by atoms with E-state index in [2.05, 4.69) is 132 Å². The SMILES string of the molecule is N#Cc1cc(-c2ccc(-c3c4ccccc4c(-c4ccccc4)c4ccccc34)cc2)cc(C#N)c1-n1c2ccccc2c2ccccc21. The third-order valence-electron chi connectivity index (χ3n) is 9.66. The monoisotopic (exact) mass is 621 g/mol. The third kappa shape index (κ3) is 4.42. The molecule has 0 aliphatic rings. The Hall–Kier alpha value is -6.94. The first-order valence-electron chi connectivity index (χ1n) is 16.3. The van der Waals surface area contributed by atoms with E-state index in [0.717, 1.165) is 38.5 Å². The van der Waals surface area contributed by atoms with Gasteiger partial charge in [-0.1, -0.05) is 140 Å². The lowest BCUT2D eigenvalue weighted by molar-refractivity contribution is 1.16. The van der Waals surface area contributed by atoms with Crippen molar-refractivity contribution < 1.29 is 0 Å². The van der Waals surface area contributed by atoms with Gasteiger partial charge in [0.25, 0.3) is 0 Å². The van der Waals surface area contributed by atoms with Crippen LogP contribution in [0.15, 0.2) is 164 Å². The number of nitrogens with zero attached hydrogens (tertiary/aromatic N) is 3. The lowest BCUT2D eigenvalue weighted by atomic mass is 9.85. The Balaban J connectivity index is 1.21. The summed E-state index contributed by atoms with van der Waals surface area (Å²) in [5.74, 6) is 0. The highest BCUT2D eigenvalue weighted by molar-refractivity contribution is 6.21. The number of rotatable bonds is 4. The summed E-state index contributed by atoms with van der Waals surface area (Å²) in [5, 5.41) is 27.9. The van der Waals surface area contributed by atoms with E-state index in [1.807, 2.05) is 48.5 Å². The van der Waals surface area contributed by atoms with Crippen molar-refractivity contribution in [1.82, 2.24) is 4.57 Å². The quantitative estimate of drug-likeness (QED) is 0.184. The van der Waals surface area contributed by atoms with Gasteiger partial charge in [-0.25, -0.2) is 0 Å². The maximum Gasteiger partial charge on any atom is 0.101 e. The fraction of sp³-hybridized carbons (Fsp3) is 0. The van der Waals surface area contributed by atoms with Crippen molar-refractivity contribution in [2.45, 2.75) is 0 Å². The van der Waals surface area contributed by atoms with Crippen LogP contribution in [0.5, 0.6) is 0 Å². The molecule has 8 aromatic carbocycles. The van der Waals surface area contributed by atoms with Gasteiger partial charge in [0.15, 0.2) is 0 Å². The topological polar surface area (TPSA) is 52.5 Å². The van der Waals surface area contributed by atoms with Crippen LogP contribution in [0.3, 0.4) is 0 Å². The molecular weight excluding hydrogens is 595 g/mol. The second-order valence-corrected chi connectivity index (χ2v) is 12.3. The molecule has 1 aromatic heterocycles. The average Bonchev–Trinajstić information content (AvgIpc) is 3.50. The second-order valence-electron chi connectivity index (χ2n) is 12.3. The molecule has 3 heteroatoms. The highest BCUT2D eigenvalue weighted by Crippen LogP contribution is 2.44. The summed E-state index contributed by atoms with van der Waals surface area (Å²) in [5.41, 5.74) is 9.96. The minimum atomic E-state index is 0.457. The van der Waals surface area contributed by atoms with E-state index in [0.29, 0.717) is 16.8 Å². The molecule has 0 atom stereocenters. The van der Waals surface area contributed by atoms with Gasteiger partial charge in [0.05, 0.1) is 27.8 Å². The first kappa shape index (κ1) is 28.3. The zero-order valence-electron chi connectivity index (χ0n) is 26.4. The number of benzene rings is 8. The molecule has 0 amide bonds. The van der Waals surface area contributed by atoms with Crippen LogP contribution >= 0.6 is 0 Å². The standard InChI is InChI=1S/C46H27N3/c47-28-34-26-33(27-35(29-48)46(34)49-42-20-10-8-14-36(42)37-15-9-11-21-43(37)49)30-22-24-32(25-23-30)45-40-18-6-4-16-38(40)44(31-12-2-1-3-13-31)39-17-5-7-19-41(39)45/h1-27H. The fourth-order valence-corrected chi connectivity index (χ4v) is 7.56. The molecule has 0 fully saturated rings. The van der Waals surface area contributed by atoms with Crippen LogP contribution in [0.4, 0.5) is 0 Å². The molecule has 9 rings (SSSR count). The van der Waals surface area contributed by atoms with Gasteiger partial charge >= 0.3 is 0 Å². The van der Waals surface area contributed by atoms with E-state index in [-0.39, 0.29) is 0 Å². The highest BCUT2D eigenvalue weighted by atomic mass is 15.0. The number of para-hydroxylation sites is 2. The molecule has 0 spiro atoms. The van der Waals surface area contributed by atoms with Gasteiger partial charge in [0, 0.05) is 10.8 Å². The number of hydrogen-bond acceptors (Lipinski definition) is 2. The Bertz CT molecular complexity index is 2680. The van der Waals surface area contributed by atoms with Gasteiger partial charge in [-0.15, -0.1) is 0 Å². The second kappa shape index (κ2) is 11.4. The Labute approximate surface area is 283 Å². The summed E-state index contributed by atoms with van der Waals surface area (Å²) in [6.07, 6.45) is 0. The fourth-order valence-electron chi connectivity index (χ4n) is 7.56. The Morgan fingerprint density at radius 3 is 1.16 bits per heavy atom. The molecule has 0 bridgehead atoms. The molecule has 0 saturated heterocycles. The maximum absolute atomic E-state index is 10.5. The van der Waals surface area contributed by atoms with Gasteiger partial charge in [-0.2, -0.15) is 10.5 Å². The first-order valence-corrected chi connectivity index (χ1v) is 16.3. The van der Waals surface area contributed by atoms with Gasteiger partial charge in [-0.3, -0.25) is 0 Å². The highest BCUT2D eigenvalue weighted by Gasteiger charge is 2.20. The molecule has 0 radical (unpaired) electrons. The predicted molar refractivity (Wildman–Crippen MR) is 202 cm³/mol. The van der Waals surface area contributed by atoms with Gasteiger partial charge < -0.3 is 4.57 Å². The number of aromatic nitrogens is 1. The van der Waals surface area contributed by atoms with Crippen molar-refractivity contribution >= 4 is 43.4 Å². The molecule has 0 N–H and O–H groups in total. The molecular formula is C46H27N3. The van der Waals surface area contributed by atoms with Crippen molar-refractivity contribution in [3.05, 3.63) is 175 Å². The lowest BCUT2D eigenvalue weighted by Gasteiger charge is -2.18. The Morgan fingerprint density at radius 2 is 0.714 bits per heavy atom. The molecule has 0 aliphatic heterocycles. The predicted octanol–water partition coefficient (Wildman–Crippen LogP) is 11.8. The molecule has 1 heterocycles. The molecule has 0 unspecified atom stereocenters. The maximum atomic E-state index is 10.5. The summed E-state index contributed by atoms with van der Waals surface area (Å²) >= 11 is 0. The smallest absolute Gasteiger partial charge is 0.101 e. The number of hydrogen-bond donors (Lipinski definition) is 0. The van der Waals surface area contributed by atoms with Gasteiger partial charge in [0.1, 0.15) is 12.1 Å². The van der Waals surface area contributed by atoms with Crippen molar-refractivity contribution in [3.8, 4) is 51.2 Å². The third-order valence-corrected chi connectivity index (χ3v) is 9.66. The largest absolute Gasteiger partial charge is 0.307 e. The molecule has 226 valence electrons. The molecule has 9 aromatic rings. The van der Waals surface area contributed by atoms with Crippen LogP contribution < -0.4 is 0 Å². The zero-order valence-corrected chi connectivity index (χ0v) is 26.4. The minimum Gasteiger partial charge on any atom is -0.307 e. The zero-order chi connectivity index (χ0) is 32.9. The van der Waals surface area contributed by atoms with Crippen LogP contribution in [0, 0.1) is 22.7 Å². The summed E-state index contributed by atoms with van der Waals surface area (Å²) in [6.45, 7) is 0. The van der Waals surface area contributed by atoms with Crippen LogP contribution in [-0.4, -0.2) is 4.57 Å². The van der Waals surface area contributed by atoms with Crippen molar-refractivity contribution in [2.24, 2.45) is 0 Å². The van der Waals surface area contributed by atoms with E-state index >= 15 is 0 Å². The van der Waals surface area contributed by atoms with Crippen LogP contribution in [0.1, 0.15) is 11.1 Å². The molecule has 3 nitrogen and oxygen atoms in total. The summed E-state index contributed by atoms with van der Waals surface area (Å²) in [7, 11) is 0. The summed E-state index contributed by atoms with van der Waals surface area (Å²) in [6, 6.07) is 61.4. The van der Waals surface area contributed by atoms with E-state index < -0.39 is 0 Å². The summed E-state index contributed by atoms with van der Waals surface area (Å²) < 4.78 is 2.06. The van der Waals surface area contributed by atoms with Crippen molar-refractivity contribution in [1.29, 1.82) is 10.5 Å². The molecule has 0 aliphatic carbocycles. The van der Waals surface area contributed by atoms with Crippen LogP contribution in [-0.2, 0) is 0 Å². The van der Waals surface area contributed by atoms with E-state index in [1.165, 1.54) is 38.2 Å². The van der Waals surface area contributed by atoms with E-state index in [1.54, 1.807) is 0 Å². The average molecular weight is 622 g/mol. The van der Waals surface area contributed by atoms with E-state index in [9.17, 15) is 10.5 Å². The van der Waals surface area contributed by atoms with Gasteiger partial charge in [-0.05, 0) is 79.2 Å².